The van der Waals surface area contributed by atoms with Gasteiger partial charge in [0.2, 0.25) is 0 Å². The Labute approximate surface area is 175 Å². The first-order valence-corrected chi connectivity index (χ1v) is 9.34. The van der Waals surface area contributed by atoms with Gasteiger partial charge in [-0.05, 0) is 48.5 Å². The van der Waals surface area contributed by atoms with Gasteiger partial charge in [0.15, 0.2) is 11.6 Å². The molecule has 3 heterocycles. The van der Waals surface area contributed by atoms with Crippen LogP contribution in [0.2, 0.25) is 0 Å². The highest BCUT2D eigenvalue weighted by molar-refractivity contribution is 5.66. The number of nitrogens with zero attached hydrogens (tertiary/aromatic N) is 5. The monoisotopic (exact) mass is 413 g/mol. The normalized spacial score (nSPS) is 11.0. The van der Waals surface area contributed by atoms with E-state index in [9.17, 15) is 8.78 Å². The molecule has 1 aromatic heterocycles. The number of benzene rings is 2. The second-order valence-electron chi connectivity index (χ2n) is 6.93. The number of fused-ring (bicyclic) bond motifs is 1. The van der Waals surface area contributed by atoms with E-state index in [1.807, 2.05) is 35.2 Å². The van der Waals surface area contributed by atoms with E-state index in [4.69, 9.17) is 9.78 Å². The molecule has 5 rings (SSSR count). The van der Waals surface area contributed by atoms with Gasteiger partial charge >= 0.3 is 0 Å². The second-order valence-corrected chi connectivity index (χ2v) is 6.93. The molecule has 8 heteroatoms. The maximum atomic E-state index is 14.0. The fourth-order valence-corrected chi connectivity index (χ4v) is 3.26. The topological polar surface area (TPSA) is 80.5 Å². The Morgan fingerprint density at radius 1 is 0.935 bits per heavy atom. The van der Waals surface area contributed by atoms with Crippen LogP contribution in [0.4, 0.5) is 8.78 Å². The van der Waals surface area contributed by atoms with Crippen molar-refractivity contribution in [2.45, 2.75) is 6.54 Å². The lowest BCUT2D eigenvalue weighted by Crippen LogP contribution is -1.99. The summed E-state index contributed by atoms with van der Waals surface area (Å²) >= 11 is 0. The van der Waals surface area contributed by atoms with Crippen molar-refractivity contribution in [2.24, 2.45) is 0 Å². The van der Waals surface area contributed by atoms with Crippen LogP contribution in [0.15, 0.2) is 71.5 Å². The Morgan fingerprint density at radius 2 is 1.74 bits per heavy atom. The Hall–Kier alpha value is -4.38. The van der Waals surface area contributed by atoms with Gasteiger partial charge in [-0.3, -0.25) is 0 Å². The molecule has 3 aromatic rings. The van der Waals surface area contributed by atoms with Crippen molar-refractivity contribution in [3.63, 3.8) is 0 Å². The van der Waals surface area contributed by atoms with Crippen LogP contribution >= 0.6 is 0 Å². The third-order valence-electron chi connectivity index (χ3n) is 4.80. The van der Waals surface area contributed by atoms with E-state index in [1.54, 1.807) is 18.2 Å². The van der Waals surface area contributed by atoms with E-state index in [1.165, 1.54) is 0 Å². The Bertz CT molecular complexity index is 1400. The van der Waals surface area contributed by atoms with Crippen molar-refractivity contribution in [3.05, 3.63) is 89.9 Å². The predicted octanol–water partition coefficient (Wildman–Crippen LogP) is 4.90. The van der Waals surface area contributed by atoms with Crippen LogP contribution in [0.25, 0.3) is 34.0 Å². The first-order valence-electron chi connectivity index (χ1n) is 9.34. The standard InChI is InChI=1S/C23H13F2N5O/c24-16-5-6-19(25)18(9-16)21-10-17(31-29-21)12-30-8-7-20-22(13-30)28-23(27-20)15-3-1-14(11-26)2-4-15/h1-10,13H,12H2. The van der Waals surface area contributed by atoms with Crippen LogP contribution < -0.4 is 0 Å². The third kappa shape index (κ3) is 3.65. The lowest BCUT2D eigenvalue weighted by atomic mass is 10.1. The van der Waals surface area contributed by atoms with E-state index in [0.29, 0.717) is 29.4 Å². The van der Waals surface area contributed by atoms with Crippen LogP contribution in [0.1, 0.15) is 11.3 Å². The minimum absolute atomic E-state index is 0.0458. The van der Waals surface area contributed by atoms with Crippen molar-refractivity contribution in [2.75, 3.05) is 0 Å². The van der Waals surface area contributed by atoms with E-state index in [0.717, 1.165) is 29.5 Å². The SMILES string of the molecule is N#Cc1ccc(-c2nc3ccn(Cc4cc(-c5cc(F)ccc5F)no4)cc-3n2)cc1. The molecular weight excluding hydrogens is 400 g/mol. The molecule has 6 nitrogen and oxygen atoms in total. The molecule has 150 valence electrons. The first kappa shape index (κ1) is 18.6. The molecule has 0 N–H and O–H groups in total. The van der Waals surface area contributed by atoms with Crippen molar-refractivity contribution in [3.8, 4) is 40.1 Å². The van der Waals surface area contributed by atoms with Gasteiger partial charge in [-0.1, -0.05) is 5.16 Å². The summed E-state index contributed by atoms with van der Waals surface area (Å²) in [7, 11) is 0. The highest BCUT2D eigenvalue weighted by Gasteiger charge is 2.15. The van der Waals surface area contributed by atoms with E-state index in [-0.39, 0.29) is 11.3 Å². The van der Waals surface area contributed by atoms with Gasteiger partial charge in [-0.2, -0.15) is 5.26 Å². The highest BCUT2D eigenvalue weighted by Crippen LogP contribution is 2.26. The van der Waals surface area contributed by atoms with Crippen LogP contribution in [-0.2, 0) is 6.54 Å². The van der Waals surface area contributed by atoms with Crippen molar-refractivity contribution >= 4 is 0 Å². The molecule has 0 saturated heterocycles. The number of nitriles is 1. The summed E-state index contributed by atoms with van der Waals surface area (Å²) in [5, 5.41) is 12.8. The Balaban J connectivity index is 1.40. The molecule has 31 heavy (non-hydrogen) atoms. The molecule has 0 radical (unpaired) electrons. The molecule has 2 aliphatic heterocycles. The molecule has 0 aliphatic carbocycles. The Morgan fingerprint density at radius 3 is 2.55 bits per heavy atom. The summed E-state index contributed by atoms with van der Waals surface area (Å²) in [6, 6.07) is 15.7. The number of hydrogen-bond acceptors (Lipinski definition) is 5. The summed E-state index contributed by atoms with van der Waals surface area (Å²) in [6.07, 6.45) is 3.64. The van der Waals surface area contributed by atoms with Gasteiger partial charge in [0.25, 0.3) is 0 Å². The molecule has 0 spiro atoms. The lowest BCUT2D eigenvalue weighted by Gasteiger charge is -2.04. The first-order chi connectivity index (χ1) is 15.1. The number of pyridine rings is 1. The van der Waals surface area contributed by atoms with E-state index >= 15 is 0 Å². The summed E-state index contributed by atoms with van der Waals surface area (Å²) in [4.78, 5) is 9.09. The molecule has 0 bridgehead atoms. The average molecular weight is 413 g/mol. The third-order valence-corrected chi connectivity index (χ3v) is 4.80. The molecule has 2 aromatic carbocycles. The smallest absolute Gasteiger partial charge is 0.160 e. The quantitative estimate of drug-likeness (QED) is 0.419. The zero-order chi connectivity index (χ0) is 21.4. The number of hydrogen-bond donors (Lipinski definition) is 0. The average Bonchev–Trinajstić information content (AvgIpc) is 3.42. The largest absolute Gasteiger partial charge is 0.359 e. The molecule has 0 unspecified atom stereocenters. The van der Waals surface area contributed by atoms with E-state index in [2.05, 4.69) is 21.2 Å². The maximum Gasteiger partial charge on any atom is 0.160 e. The van der Waals surface area contributed by atoms with Gasteiger partial charge in [0.1, 0.15) is 23.0 Å². The van der Waals surface area contributed by atoms with E-state index < -0.39 is 11.6 Å². The minimum Gasteiger partial charge on any atom is -0.359 e. The van der Waals surface area contributed by atoms with Gasteiger partial charge < -0.3 is 9.09 Å². The zero-order valence-corrected chi connectivity index (χ0v) is 16.0. The van der Waals surface area contributed by atoms with Crippen molar-refractivity contribution in [1.82, 2.24) is 19.7 Å². The molecule has 0 fully saturated rings. The fraction of sp³-hybridized carbons (Fsp3) is 0.0435. The molecular formula is C23H13F2N5O. The summed E-state index contributed by atoms with van der Waals surface area (Å²) in [5.74, 6) is -0.0676. The zero-order valence-electron chi connectivity index (χ0n) is 16.0. The molecule has 0 amide bonds. The van der Waals surface area contributed by atoms with Crippen LogP contribution in [-0.4, -0.2) is 19.7 Å². The number of aromatic nitrogens is 4. The van der Waals surface area contributed by atoms with Gasteiger partial charge in [-0.15, -0.1) is 0 Å². The lowest BCUT2D eigenvalue weighted by molar-refractivity contribution is 0.378. The van der Waals surface area contributed by atoms with Crippen LogP contribution in [0.5, 0.6) is 0 Å². The van der Waals surface area contributed by atoms with Crippen molar-refractivity contribution < 1.29 is 13.3 Å². The fourth-order valence-electron chi connectivity index (χ4n) is 3.26. The molecule has 0 atom stereocenters. The predicted molar refractivity (Wildman–Crippen MR) is 108 cm³/mol. The van der Waals surface area contributed by atoms with Gasteiger partial charge in [-0.25, -0.2) is 18.7 Å². The van der Waals surface area contributed by atoms with Crippen LogP contribution in [0, 0.1) is 23.0 Å². The highest BCUT2D eigenvalue weighted by atomic mass is 19.1. The number of halogens is 2. The molecule has 2 aliphatic rings. The molecule has 0 saturated carbocycles. The summed E-state index contributed by atoms with van der Waals surface area (Å²) in [6.45, 7) is 0.332. The number of rotatable bonds is 4. The maximum absolute atomic E-state index is 14.0. The van der Waals surface area contributed by atoms with Gasteiger partial charge in [0.05, 0.1) is 23.9 Å². The van der Waals surface area contributed by atoms with Crippen LogP contribution in [0.3, 0.4) is 0 Å². The summed E-state index contributed by atoms with van der Waals surface area (Å²) < 4.78 is 34.6. The minimum atomic E-state index is -0.572. The summed E-state index contributed by atoms with van der Waals surface area (Å²) in [5.41, 5.74) is 3.09. The van der Waals surface area contributed by atoms with Gasteiger partial charge in [0, 0.05) is 29.6 Å². The Kier molecular flexibility index (Phi) is 4.49. The number of imidazole rings is 1. The second kappa shape index (κ2) is 7.46. The van der Waals surface area contributed by atoms with Crippen molar-refractivity contribution in [1.29, 1.82) is 5.26 Å².